The third kappa shape index (κ3) is 18.9. The van der Waals surface area contributed by atoms with Crippen LogP contribution >= 0.6 is 0 Å². The van der Waals surface area contributed by atoms with Crippen LogP contribution in [0.5, 0.6) is 11.5 Å². The van der Waals surface area contributed by atoms with Gasteiger partial charge < -0.3 is 10.2 Å². The minimum atomic E-state index is 0. The molecule has 0 saturated carbocycles. The Balaban J connectivity index is 0.000000602. The summed E-state index contributed by atoms with van der Waals surface area (Å²) in [4.78, 5) is 0. The van der Waals surface area contributed by atoms with Crippen molar-refractivity contribution in [2.75, 3.05) is 0 Å². The summed E-state index contributed by atoms with van der Waals surface area (Å²) in [6.07, 6.45) is 21.1. The van der Waals surface area contributed by atoms with Gasteiger partial charge >= 0.3 is 23.1 Å². The van der Waals surface area contributed by atoms with Crippen molar-refractivity contribution in [1.29, 1.82) is 0 Å². The van der Waals surface area contributed by atoms with Gasteiger partial charge in [0, 0.05) is 0 Å². The second-order valence-electron chi connectivity index (χ2n) is 9.03. The normalized spacial score (nSPS) is 10.2. The number of aryl methyl sites for hydroxylation is 2. The average molecular weight is 463 g/mol. The zero-order valence-electron chi connectivity index (χ0n) is 21.5. The molecule has 0 fully saturated rings. The molecule has 0 spiro atoms. The van der Waals surface area contributed by atoms with E-state index in [1.807, 2.05) is 24.3 Å². The van der Waals surface area contributed by atoms with Crippen LogP contribution in [0.2, 0.25) is 0 Å². The molecule has 2 nitrogen and oxygen atoms in total. The summed E-state index contributed by atoms with van der Waals surface area (Å²) in [6.45, 7) is 4.50. The van der Waals surface area contributed by atoms with E-state index in [0.717, 1.165) is 12.8 Å². The summed E-state index contributed by atoms with van der Waals surface area (Å²) < 4.78 is 0. The second kappa shape index (κ2) is 22.6. The Hall–Kier alpha value is -1.19. The van der Waals surface area contributed by atoms with Crippen molar-refractivity contribution >= 4 is 23.1 Å². The van der Waals surface area contributed by atoms with Gasteiger partial charge in [0.15, 0.2) is 0 Å². The number of hydrogen-bond donors (Lipinski definition) is 0. The van der Waals surface area contributed by atoms with Crippen LogP contribution in [0, 0.1) is 0 Å². The molecule has 0 aliphatic heterocycles. The van der Waals surface area contributed by atoms with Crippen LogP contribution in [-0.2, 0) is 12.8 Å². The minimum absolute atomic E-state index is 0. The van der Waals surface area contributed by atoms with Gasteiger partial charge in [0.05, 0.1) is 0 Å². The van der Waals surface area contributed by atoms with E-state index in [1.165, 1.54) is 101 Å². The van der Waals surface area contributed by atoms with Crippen LogP contribution in [0.4, 0.5) is 0 Å². The molecule has 2 aromatic rings. The maximum Gasteiger partial charge on any atom is 2.00 e. The zero-order chi connectivity index (χ0) is 23.3. The van der Waals surface area contributed by atoms with Crippen LogP contribution in [0.3, 0.4) is 0 Å². The summed E-state index contributed by atoms with van der Waals surface area (Å²) in [7, 11) is 0. The van der Waals surface area contributed by atoms with Crippen molar-refractivity contribution in [1.82, 2.24) is 0 Å². The Labute approximate surface area is 220 Å². The van der Waals surface area contributed by atoms with Crippen molar-refractivity contribution in [3.63, 3.8) is 0 Å². The molecule has 0 radical (unpaired) electrons. The first-order valence-corrected chi connectivity index (χ1v) is 13.2. The Kier molecular flexibility index (Phi) is 21.8. The Morgan fingerprint density at radius 1 is 0.424 bits per heavy atom. The van der Waals surface area contributed by atoms with Crippen molar-refractivity contribution < 1.29 is 10.2 Å². The van der Waals surface area contributed by atoms with E-state index in [2.05, 4.69) is 13.8 Å². The maximum atomic E-state index is 10.9. The van der Waals surface area contributed by atoms with Crippen LogP contribution < -0.4 is 10.2 Å². The van der Waals surface area contributed by atoms with Crippen molar-refractivity contribution in [2.24, 2.45) is 0 Å². The van der Waals surface area contributed by atoms with E-state index in [1.54, 1.807) is 24.3 Å². The fourth-order valence-electron chi connectivity index (χ4n) is 3.88. The molecule has 0 saturated heterocycles. The molecule has 0 aliphatic carbocycles. The molecule has 33 heavy (non-hydrogen) atoms. The van der Waals surface area contributed by atoms with Crippen molar-refractivity contribution in [3.8, 4) is 11.5 Å². The number of hydrogen-bond acceptors (Lipinski definition) is 2. The van der Waals surface area contributed by atoms with E-state index in [4.69, 9.17) is 0 Å². The zero-order valence-corrected chi connectivity index (χ0v) is 22.9. The predicted molar refractivity (Wildman–Crippen MR) is 141 cm³/mol. The molecule has 0 unspecified atom stereocenters. The molecular weight excluding hydrogens is 417 g/mol. The number of unbranched alkanes of at least 4 members (excludes halogenated alkanes) is 12. The smallest absolute Gasteiger partial charge is 0.872 e. The Morgan fingerprint density at radius 3 is 1.00 bits per heavy atom. The first-order chi connectivity index (χ1) is 15.7. The molecule has 0 aromatic heterocycles. The van der Waals surface area contributed by atoms with E-state index in [-0.39, 0.29) is 34.6 Å². The number of rotatable bonds is 16. The predicted octanol–water partition coefficient (Wildman–Crippen LogP) is 7.73. The summed E-state index contributed by atoms with van der Waals surface area (Å²) >= 11 is 0. The van der Waals surface area contributed by atoms with E-state index in [0.29, 0.717) is 0 Å². The summed E-state index contributed by atoms with van der Waals surface area (Å²) in [5.41, 5.74) is 2.60. The third-order valence-electron chi connectivity index (χ3n) is 5.98. The molecular formula is C30H46MgO2. The van der Waals surface area contributed by atoms with Gasteiger partial charge in [-0.05, 0) is 36.8 Å². The molecule has 0 amide bonds. The van der Waals surface area contributed by atoms with Crippen molar-refractivity contribution in [3.05, 3.63) is 59.7 Å². The van der Waals surface area contributed by atoms with Gasteiger partial charge in [-0.3, -0.25) is 0 Å². The second-order valence-corrected chi connectivity index (χ2v) is 9.03. The van der Waals surface area contributed by atoms with Gasteiger partial charge in [0.2, 0.25) is 0 Å². The quantitative estimate of drug-likeness (QED) is 0.189. The van der Waals surface area contributed by atoms with E-state index in [9.17, 15) is 10.2 Å². The Morgan fingerprint density at radius 2 is 0.697 bits per heavy atom. The molecule has 0 aliphatic rings. The summed E-state index contributed by atoms with van der Waals surface area (Å²) in [6, 6.07) is 14.5. The molecule has 2 aromatic carbocycles. The molecule has 0 heterocycles. The molecule has 0 bridgehead atoms. The van der Waals surface area contributed by atoms with Gasteiger partial charge in [-0.25, -0.2) is 0 Å². The molecule has 2 rings (SSSR count). The van der Waals surface area contributed by atoms with Gasteiger partial charge in [0.25, 0.3) is 0 Å². The van der Waals surface area contributed by atoms with Gasteiger partial charge in [-0.2, -0.15) is 0 Å². The van der Waals surface area contributed by atoms with E-state index >= 15 is 0 Å². The first-order valence-electron chi connectivity index (χ1n) is 13.2. The topological polar surface area (TPSA) is 46.1 Å². The van der Waals surface area contributed by atoms with E-state index < -0.39 is 0 Å². The van der Waals surface area contributed by atoms with Crippen molar-refractivity contribution in [2.45, 2.75) is 117 Å². The SMILES string of the molecule is CCCCCCCCCc1ccc([O-])cc1.CCCCCCCCCc1ccc([O-])cc1.[Mg+2]. The molecule has 0 atom stereocenters. The number of benzene rings is 2. The Bertz CT molecular complexity index is 593. The standard InChI is InChI=1S/2C15H24O.Mg/c2*1-2-3-4-5-6-7-8-9-14-10-12-15(16)13-11-14;/h2*10-13,16H,2-9H2,1H3;/q;;+2/p-2. The summed E-state index contributed by atoms with van der Waals surface area (Å²) in [5, 5.41) is 21.8. The van der Waals surface area contributed by atoms with Crippen LogP contribution in [0.15, 0.2) is 48.5 Å². The molecule has 0 N–H and O–H groups in total. The average Bonchev–Trinajstić information content (AvgIpc) is 2.81. The monoisotopic (exact) mass is 462 g/mol. The van der Waals surface area contributed by atoms with Gasteiger partial charge in [-0.1, -0.05) is 139 Å². The van der Waals surface area contributed by atoms with Crippen LogP contribution in [0.1, 0.15) is 115 Å². The van der Waals surface area contributed by atoms with Gasteiger partial charge in [0.1, 0.15) is 0 Å². The van der Waals surface area contributed by atoms with Crippen LogP contribution in [0.25, 0.3) is 0 Å². The largest absolute Gasteiger partial charge is 2.00 e. The molecule has 180 valence electrons. The van der Waals surface area contributed by atoms with Gasteiger partial charge in [-0.15, -0.1) is 11.5 Å². The summed E-state index contributed by atoms with van der Waals surface area (Å²) in [5.74, 6) is 0.228. The fraction of sp³-hybridized carbons (Fsp3) is 0.600. The van der Waals surface area contributed by atoms with Crippen LogP contribution in [-0.4, -0.2) is 23.1 Å². The maximum absolute atomic E-state index is 10.9. The fourth-order valence-corrected chi connectivity index (χ4v) is 3.88. The first kappa shape index (κ1) is 31.8. The minimum Gasteiger partial charge on any atom is -0.872 e. The third-order valence-corrected chi connectivity index (χ3v) is 5.98. The molecule has 3 heteroatoms.